The van der Waals surface area contributed by atoms with E-state index in [1.165, 1.54) is 5.56 Å². The molecule has 0 saturated heterocycles. The van der Waals surface area contributed by atoms with Gasteiger partial charge < -0.3 is 5.32 Å². The van der Waals surface area contributed by atoms with Crippen molar-refractivity contribution in [1.82, 2.24) is 10.2 Å². The second-order valence-electron chi connectivity index (χ2n) is 9.17. The molecule has 1 aliphatic carbocycles. The fourth-order valence-corrected chi connectivity index (χ4v) is 2.79. The Labute approximate surface area is 150 Å². The molecule has 2 N–H and O–H groups in total. The van der Waals surface area contributed by atoms with Gasteiger partial charge in [-0.05, 0) is 23.8 Å². The zero-order valence-electron chi connectivity index (χ0n) is 16.2. The Balaban J connectivity index is 1.97. The minimum Gasteiger partial charge on any atom is -0.322 e. The number of carbonyl (C=O) groups is 1. The van der Waals surface area contributed by atoms with Crippen molar-refractivity contribution >= 4 is 11.6 Å². The standard InChI is InChI=1S/C21H29N3O/c1-20(2,3)15-11-9-14(10-12-15)17-18(22-19(25)21(4,5)6)16(23-24-17)13-7-8-13/h9-13H,7-8H2,1-6H3,(H,22,25)(H,23,24). The summed E-state index contributed by atoms with van der Waals surface area (Å²) in [5.74, 6) is 0.508. The minimum absolute atomic E-state index is 0.0170. The summed E-state index contributed by atoms with van der Waals surface area (Å²) in [6, 6.07) is 8.49. The van der Waals surface area contributed by atoms with Crippen LogP contribution in [0.3, 0.4) is 0 Å². The van der Waals surface area contributed by atoms with E-state index in [1.807, 2.05) is 20.8 Å². The maximum Gasteiger partial charge on any atom is 0.229 e. The van der Waals surface area contributed by atoms with Gasteiger partial charge in [-0.25, -0.2) is 0 Å². The number of nitrogens with one attached hydrogen (secondary N) is 2. The summed E-state index contributed by atoms with van der Waals surface area (Å²) in [6.07, 6.45) is 2.31. The third-order valence-electron chi connectivity index (χ3n) is 4.72. The number of hydrogen-bond acceptors (Lipinski definition) is 2. The van der Waals surface area contributed by atoms with E-state index in [9.17, 15) is 4.79 Å². The fourth-order valence-electron chi connectivity index (χ4n) is 2.79. The van der Waals surface area contributed by atoms with Gasteiger partial charge in [0.2, 0.25) is 5.91 Å². The smallest absolute Gasteiger partial charge is 0.229 e. The van der Waals surface area contributed by atoms with Crippen molar-refractivity contribution in [3.05, 3.63) is 35.5 Å². The van der Waals surface area contributed by atoms with Gasteiger partial charge in [0.25, 0.3) is 0 Å². The number of anilines is 1. The number of hydrogen-bond donors (Lipinski definition) is 2. The van der Waals surface area contributed by atoms with E-state index < -0.39 is 5.41 Å². The molecule has 134 valence electrons. The Hall–Kier alpha value is -2.10. The molecular weight excluding hydrogens is 310 g/mol. The number of nitrogens with zero attached hydrogens (tertiary/aromatic N) is 1. The van der Waals surface area contributed by atoms with Gasteiger partial charge >= 0.3 is 0 Å². The summed E-state index contributed by atoms with van der Waals surface area (Å²) in [5.41, 5.74) is 4.74. The highest BCUT2D eigenvalue weighted by Gasteiger charge is 2.32. The SMILES string of the molecule is CC(C)(C)C(=O)Nc1c(-c2ccc(C(C)(C)C)cc2)n[nH]c1C1CC1. The first-order valence-electron chi connectivity index (χ1n) is 9.08. The van der Waals surface area contributed by atoms with Crippen LogP contribution in [-0.4, -0.2) is 16.1 Å². The third-order valence-corrected chi connectivity index (χ3v) is 4.72. The lowest BCUT2D eigenvalue weighted by Crippen LogP contribution is -2.28. The molecule has 1 fully saturated rings. The van der Waals surface area contributed by atoms with Crippen molar-refractivity contribution in [1.29, 1.82) is 0 Å². The molecule has 4 heteroatoms. The van der Waals surface area contributed by atoms with Crippen LogP contribution in [0.4, 0.5) is 5.69 Å². The van der Waals surface area contributed by atoms with Crippen LogP contribution in [0, 0.1) is 5.41 Å². The number of benzene rings is 1. The van der Waals surface area contributed by atoms with Gasteiger partial charge in [-0.2, -0.15) is 5.10 Å². The average molecular weight is 339 g/mol. The van der Waals surface area contributed by atoms with Crippen molar-refractivity contribution < 1.29 is 4.79 Å². The van der Waals surface area contributed by atoms with E-state index in [2.05, 4.69) is 60.6 Å². The maximum atomic E-state index is 12.5. The molecule has 25 heavy (non-hydrogen) atoms. The summed E-state index contributed by atoms with van der Waals surface area (Å²) < 4.78 is 0. The number of carbonyl (C=O) groups excluding carboxylic acids is 1. The van der Waals surface area contributed by atoms with Gasteiger partial charge in [-0.3, -0.25) is 9.89 Å². The highest BCUT2D eigenvalue weighted by Crippen LogP contribution is 2.45. The Morgan fingerprint density at radius 2 is 1.68 bits per heavy atom. The Kier molecular flexibility index (Phi) is 4.26. The van der Waals surface area contributed by atoms with Crippen molar-refractivity contribution in [2.24, 2.45) is 5.41 Å². The fraction of sp³-hybridized carbons (Fsp3) is 0.524. The molecule has 1 aromatic carbocycles. The normalized spacial score (nSPS) is 15.3. The Morgan fingerprint density at radius 1 is 1.08 bits per heavy atom. The molecule has 0 aliphatic heterocycles. The largest absolute Gasteiger partial charge is 0.322 e. The molecule has 0 bridgehead atoms. The molecule has 1 saturated carbocycles. The van der Waals surface area contributed by atoms with E-state index in [-0.39, 0.29) is 11.3 Å². The number of rotatable bonds is 3. The molecule has 3 rings (SSSR count). The predicted molar refractivity (Wildman–Crippen MR) is 103 cm³/mol. The highest BCUT2D eigenvalue weighted by atomic mass is 16.2. The molecular formula is C21H29N3O. The zero-order valence-corrected chi connectivity index (χ0v) is 16.2. The lowest BCUT2D eigenvalue weighted by Gasteiger charge is -2.20. The lowest BCUT2D eigenvalue weighted by molar-refractivity contribution is -0.123. The van der Waals surface area contributed by atoms with E-state index in [4.69, 9.17) is 0 Å². The molecule has 0 radical (unpaired) electrons. The number of H-pyrrole nitrogens is 1. The summed E-state index contributed by atoms with van der Waals surface area (Å²) >= 11 is 0. The summed E-state index contributed by atoms with van der Waals surface area (Å²) in [7, 11) is 0. The average Bonchev–Trinajstić information content (AvgIpc) is 3.27. The van der Waals surface area contributed by atoms with E-state index in [0.29, 0.717) is 5.92 Å². The third kappa shape index (κ3) is 3.78. The van der Waals surface area contributed by atoms with E-state index >= 15 is 0 Å². The first-order valence-corrected chi connectivity index (χ1v) is 9.08. The van der Waals surface area contributed by atoms with E-state index in [1.54, 1.807) is 0 Å². The molecule has 1 aromatic heterocycles. The monoisotopic (exact) mass is 339 g/mol. The number of aromatic amines is 1. The predicted octanol–water partition coefficient (Wildman–Crippen LogP) is 5.24. The van der Waals surface area contributed by atoms with E-state index in [0.717, 1.165) is 35.5 Å². The van der Waals surface area contributed by atoms with Gasteiger partial charge in [0.15, 0.2) is 0 Å². The van der Waals surface area contributed by atoms with Crippen LogP contribution in [0.25, 0.3) is 11.3 Å². The van der Waals surface area contributed by atoms with Crippen LogP contribution in [0.1, 0.15) is 71.6 Å². The summed E-state index contributed by atoms with van der Waals surface area (Å²) in [4.78, 5) is 12.5. The van der Waals surface area contributed by atoms with Crippen LogP contribution in [0.2, 0.25) is 0 Å². The molecule has 1 heterocycles. The minimum atomic E-state index is -0.439. The van der Waals surface area contributed by atoms with Crippen LogP contribution in [-0.2, 0) is 10.2 Å². The second kappa shape index (κ2) is 6.01. The molecule has 0 unspecified atom stereocenters. The van der Waals surface area contributed by atoms with Crippen LogP contribution in [0.5, 0.6) is 0 Å². The molecule has 2 aromatic rings. The molecule has 0 atom stereocenters. The van der Waals surface area contributed by atoms with Crippen molar-refractivity contribution in [3.63, 3.8) is 0 Å². The Morgan fingerprint density at radius 3 is 2.16 bits per heavy atom. The lowest BCUT2D eigenvalue weighted by atomic mass is 9.86. The number of amides is 1. The van der Waals surface area contributed by atoms with Gasteiger partial charge in [0, 0.05) is 16.9 Å². The van der Waals surface area contributed by atoms with Crippen molar-refractivity contribution in [3.8, 4) is 11.3 Å². The number of aromatic nitrogens is 2. The van der Waals surface area contributed by atoms with Crippen molar-refractivity contribution in [2.45, 2.75) is 65.7 Å². The topological polar surface area (TPSA) is 57.8 Å². The van der Waals surface area contributed by atoms with Gasteiger partial charge in [0.1, 0.15) is 5.69 Å². The maximum absolute atomic E-state index is 12.5. The van der Waals surface area contributed by atoms with Gasteiger partial charge in [0.05, 0.1) is 11.4 Å². The molecule has 1 aliphatic rings. The van der Waals surface area contributed by atoms with Crippen LogP contribution >= 0.6 is 0 Å². The molecule has 0 spiro atoms. The quantitative estimate of drug-likeness (QED) is 0.804. The summed E-state index contributed by atoms with van der Waals surface area (Å²) in [5, 5.41) is 10.8. The first-order chi connectivity index (χ1) is 11.6. The van der Waals surface area contributed by atoms with Gasteiger partial charge in [-0.15, -0.1) is 0 Å². The highest BCUT2D eigenvalue weighted by molar-refractivity contribution is 5.98. The Bertz CT molecular complexity index is 769. The van der Waals surface area contributed by atoms with Crippen LogP contribution < -0.4 is 5.32 Å². The van der Waals surface area contributed by atoms with Crippen molar-refractivity contribution in [2.75, 3.05) is 5.32 Å². The van der Waals surface area contributed by atoms with Gasteiger partial charge in [-0.1, -0.05) is 65.8 Å². The summed E-state index contributed by atoms with van der Waals surface area (Å²) in [6.45, 7) is 12.4. The zero-order chi connectivity index (χ0) is 18.4. The molecule has 1 amide bonds. The second-order valence-corrected chi connectivity index (χ2v) is 9.17. The van der Waals surface area contributed by atoms with Crippen LogP contribution in [0.15, 0.2) is 24.3 Å². The first kappa shape index (κ1) is 17.7. The molecule has 4 nitrogen and oxygen atoms in total.